The number of esters is 1. The first-order chi connectivity index (χ1) is 13.8. The molecule has 148 valence electrons. The molecular formula is C21H17NO6S. The summed E-state index contributed by atoms with van der Waals surface area (Å²) in [5.74, 6) is -0.566. The highest BCUT2D eigenvalue weighted by atomic mass is 32.2. The summed E-state index contributed by atoms with van der Waals surface area (Å²) >= 11 is 0. The maximum atomic E-state index is 12.6. The summed E-state index contributed by atoms with van der Waals surface area (Å²) in [5.41, 5.74) is 2.93. The summed E-state index contributed by atoms with van der Waals surface area (Å²) in [6.45, 7) is -0.229. The van der Waals surface area contributed by atoms with Gasteiger partial charge in [0, 0.05) is 25.2 Å². The Morgan fingerprint density at radius 3 is 2.38 bits per heavy atom. The van der Waals surface area contributed by atoms with Gasteiger partial charge in [-0.1, -0.05) is 30.3 Å². The van der Waals surface area contributed by atoms with Crippen LogP contribution >= 0.6 is 0 Å². The molecular weight excluding hydrogens is 394 g/mol. The highest BCUT2D eigenvalue weighted by molar-refractivity contribution is 7.88. The number of nitrogens with zero attached hydrogens (tertiary/aromatic N) is 1. The molecule has 4 rings (SSSR count). The second-order valence-electron chi connectivity index (χ2n) is 6.72. The first-order valence-electron chi connectivity index (χ1n) is 8.75. The lowest BCUT2D eigenvalue weighted by Gasteiger charge is -2.08. The van der Waals surface area contributed by atoms with Crippen LogP contribution in [-0.4, -0.2) is 38.6 Å². The molecule has 0 radical (unpaired) electrons. The number of hydrogen-bond donors (Lipinski definition) is 0. The molecule has 3 aromatic rings. The van der Waals surface area contributed by atoms with E-state index in [1.807, 2.05) is 12.1 Å². The molecule has 0 N–H and O–H groups in total. The quantitative estimate of drug-likeness (QED) is 0.469. The summed E-state index contributed by atoms with van der Waals surface area (Å²) in [4.78, 5) is 25.0. The first-order valence-corrected chi connectivity index (χ1v) is 10.2. The van der Waals surface area contributed by atoms with Crippen molar-refractivity contribution in [3.63, 3.8) is 0 Å². The van der Waals surface area contributed by atoms with Gasteiger partial charge >= 0.3 is 5.97 Å². The number of rotatable bonds is 5. The Morgan fingerprint density at radius 2 is 1.66 bits per heavy atom. The Morgan fingerprint density at radius 1 is 0.966 bits per heavy atom. The van der Waals surface area contributed by atoms with Crippen LogP contribution in [0.4, 0.5) is 0 Å². The van der Waals surface area contributed by atoms with Crippen molar-refractivity contribution < 1.29 is 27.2 Å². The van der Waals surface area contributed by atoms with E-state index in [-0.39, 0.29) is 28.8 Å². The minimum Gasteiger partial charge on any atom is -0.454 e. The van der Waals surface area contributed by atoms with Crippen LogP contribution in [0.25, 0.3) is 11.1 Å². The Balaban J connectivity index is 1.50. The number of fused-ring (bicyclic) bond motifs is 3. The van der Waals surface area contributed by atoms with Crippen LogP contribution in [0.15, 0.2) is 64.1 Å². The maximum absolute atomic E-state index is 12.6. The number of sulfonamides is 1. The van der Waals surface area contributed by atoms with Crippen molar-refractivity contribution in [2.45, 2.75) is 11.7 Å². The fourth-order valence-corrected chi connectivity index (χ4v) is 3.94. The van der Waals surface area contributed by atoms with Crippen molar-refractivity contribution in [1.82, 2.24) is 4.31 Å². The molecule has 0 aliphatic heterocycles. The van der Waals surface area contributed by atoms with Gasteiger partial charge in [0.05, 0.1) is 5.56 Å². The molecule has 0 saturated carbocycles. The monoisotopic (exact) mass is 411 g/mol. The molecule has 0 bridgehead atoms. The van der Waals surface area contributed by atoms with Crippen molar-refractivity contribution in [2.24, 2.45) is 0 Å². The molecule has 8 heteroatoms. The number of ketones is 1. The van der Waals surface area contributed by atoms with Gasteiger partial charge in [0.2, 0.25) is 5.09 Å². The van der Waals surface area contributed by atoms with E-state index < -0.39 is 16.0 Å². The summed E-state index contributed by atoms with van der Waals surface area (Å²) in [5, 5.41) is -0.227. The molecule has 0 amide bonds. The van der Waals surface area contributed by atoms with Gasteiger partial charge in [-0.05, 0) is 35.4 Å². The Bertz CT molecular complexity index is 1240. The molecule has 1 aromatic heterocycles. The van der Waals surface area contributed by atoms with Gasteiger partial charge < -0.3 is 9.15 Å². The standard InChI is InChI=1S/C21H17NO6S/c1-22(2)29(25,26)19-10-8-14(28-19)12-27-21(24)13-7-9-16-15-5-3-4-6-17(15)20(23)18(16)11-13/h3-11H,12H2,1-2H3. The van der Waals surface area contributed by atoms with E-state index in [0.29, 0.717) is 11.1 Å². The van der Waals surface area contributed by atoms with Crippen LogP contribution in [0.1, 0.15) is 32.0 Å². The fraction of sp³-hybridized carbons (Fsp3) is 0.143. The van der Waals surface area contributed by atoms with Gasteiger partial charge in [0.1, 0.15) is 12.4 Å². The van der Waals surface area contributed by atoms with Crippen molar-refractivity contribution in [3.05, 3.63) is 77.0 Å². The Kier molecular flexibility index (Phi) is 4.60. The molecule has 0 saturated heterocycles. The largest absolute Gasteiger partial charge is 0.454 e. The number of carbonyl (C=O) groups is 2. The lowest BCUT2D eigenvalue weighted by molar-refractivity contribution is 0.0440. The Labute approximate surface area is 167 Å². The van der Waals surface area contributed by atoms with Gasteiger partial charge in [-0.2, -0.15) is 0 Å². The molecule has 0 unspecified atom stereocenters. The van der Waals surface area contributed by atoms with Crippen molar-refractivity contribution in [2.75, 3.05) is 14.1 Å². The van der Waals surface area contributed by atoms with E-state index in [1.165, 1.54) is 32.3 Å². The number of carbonyl (C=O) groups excluding carboxylic acids is 2. The number of benzene rings is 2. The van der Waals surface area contributed by atoms with Gasteiger partial charge in [-0.25, -0.2) is 17.5 Å². The van der Waals surface area contributed by atoms with Crippen LogP contribution in [-0.2, 0) is 21.4 Å². The first kappa shape index (κ1) is 19.1. The van der Waals surface area contributed by atoms with Gasteiger partial charge in [-0.3, -0.25) is 4.79 Å². The summed E-state index contributed by atoms with van der Waals surface area (Å²) in [7, 11) is -0.910. The van der Waals surface area contributed by atoms with E-state index in [2.05, 4.69) is 0 Å². The highest BCUT2D eigenvalue weighted by Gasteiger charge is 2.27. The molecule has 0 atom stereocenters. The summed E-state index contributed by atoms with van der Waals surface area (Å²) < 4.78 is 35.6. The predicted octanol–water partition coefficient (Wildman–Crippen LogP) is 3.10. The summed E-state index contributed by atoms with van der Waals surface area (Å²) in [6.07, 6.45) is 0. The zero-order valence-electron chi connectivity index (χ0n) is 15.7. The maximum Gasteiger partial charge on any atom is 0.338 e. The second-order valence-corrected chi connectivity index (χ2v) is 8.80. The molecule has 7 nitrogen and oxygen atoms in total. The predicted molar refractivity (Wildman–Crippen MR) is 104 cm³/mol. The molecule has 0 fully saturated rings. The Hall–Kier alpha value is -3.23. The minimum atomic E-state index is -3.70. The normalized spacial score (nSPS) is 12.7. The third-order valence-electron chi connectivity index (χ3n) is 4.68. The summed E-state index contributed by atoms with van der Waals surface area (Å²) in [6, 6.07) is 14.9. The molecule has 1 aliphatic rings. The van der Waals surface area contributed by atoms with E-state index in [4.69, 9.17) is 9.15 Å². The molecule has 0 spiro atoms. The van der Waals surface area contributed by atoms with E-state index in [9.17, 15) is 18.0 Å². The topological polar surface area (TPSA) is 93.9 Å². The minimum absolute atomic E-state index is 0.130. The third kappa shape index (κ3) is 3.26. The average Bonchev–Trinajstić information content (AvgIpc) is 3.30. The highest BCUT2D eigenvalue weighted by Crippen LogP contribution is 2.36. The van der Waals surface area contributed by atoms with Gasteiger partial charge in [-0.15, -0.1) is 0 Å². The number of furan rings is 1. The molecule has 1 heterocycles. The molecule has 1 aliphatic carbocycles. The van der Waals surface area contributed by atoms with E-state index in [0.717, 1.165) is 15.4 Å². The lowest BCUT2D eigenvalue weighted by Crippen LogP contribution is -2.21. The average molecular weight is 411 g/mol. The lowest BCUT2D eigenvalue weighted by atomic mass is 10.0. The van der Waals surface area contributed by atoms with Crippen molar-refractivity contribution in [1.29, 1.82) is 0 Å². The van der Waals surface area contributed by atoms with Crippen LogP contribution in [0.2, 0.25) is 0 Å². The SMILES string of the molecule is CN(C)S(=O)(=O)c1ccc(COC(=O)c2ccc3c(c2)C(=O)c2ccccc2-3)o1. The van der Waals surface area contributed by atoms with Crippen LogP contribution in [0.3, 0.4) is 0 Å². The third-order valence-corrected chi connectivity index (χ3v) is 6.37. The smallest absolute Gasteiger partial charge is 0.338 e. The second kappa shape index (κ2) is 6.98. The zero-order chi connectivity index (χ0) is 20.8. The van der Waals surface area contributed by atoms with Crippen LogP contribution in [0, 0.1) is 0 Å². The van der Waals surface area contributed by atoms with Crippen LogP contribution < -0.4 is 0 Å². The van der Waals surface area contributed by atoms with Crippen molar-refractivity contribution in [3.8, 4) is 11.1 Å². The zero-order valence-corrected chi connectivity index (χ0v) is 16.5. The fourth-order valence-electron chi connectivity index (χ4n) is 3.13. The number of hydrogen-bond acceptors (Lipinski definition) is 6. The number of ether oxygens (including phenoxy) is 1. The van der Waals surface area contributed by atoms with Crippen LogP contribution in [0.5, 0.6) is 0 Å². The molecule has 2 aromatic carbocycles. The van der Waals surface area contributed by atoms with Crippen molar-refractivity contribution >= 4 is 21.8 Å². The van der Waals surface area contributed by atoms with E-state index >= 15 is 0 Å². The van der Waals surface area contributed by atoms with Gasteiger partial charge in [0.25, 0.3) is 10.0 Å². The molecule has 29 heavy (non-hydrogen) atoms. The van der Waals surface area contributed by atoms with Gasteiger partial charge in [0.15, 0.2) is 5.78 Å². The van der Waals surface area contributed by atoms with E-state index in [1.54, 1.807) is 24.3 Å².